The Morgan fingerprint density at radius 1 is 1.10 bits per heavy atom. The maximum absolute atomic E-state index is 12.2. The molecule has 31 heavy (non-hydrogen) atoms. The van der Waals surface area contributed by atoms with E-state index < -0.39 is 0 Å². The number of aliphatic imine (C=N–C) groups is 1. The van der Waals surface area contributed by atoms with Gasteiger partial charge >= 0.3 is 0 Å². The predicted molar refractivity (Wildman–Crippen MR) is 136 cm³/mol. The number of carbonyl (C=O) groups is 1. The molecule has 0 heterocycles. The molecule has 1 aromatic carbocycles. The quantitative estimate of drug-likeness (QED) is 0.172. The molecule has 1 aliphatic carbocycles. The van der Waals surface area contributed by atoms with Gasteiger partial charge in [0.05, 0.1) is 13.2 Å². The molecule has 1 fully saturated rings. The smallest absolute Gasteiger partial charge is 0.223 e. The Labute approximate surface area is 204 Å². The number of carbonyl (C=O) groups excluding carboxylic acids is 1. The first-order valence-electron chi connectivity index (χ1n) is 11.1. The maximum atomic E-state index is 12.2. The number of benzene rings is 1. The summed E-state index contributed by atoms with van der Waals surface area (Å²) in [6.45, 7) is 7.64. The summed E-state index contributed by atoms with van der Waals surface area (Å²) in [5.41, 5.74) is 2.17. The van der Waals surface area contributed by atoms with Gasteiger partial charge in [-0.2, -0.15) is 0 Å². The van der Waals surface area contributed by atoms with Crippen molar-refractivity contribution in [1.82, 2.24) is 16.0 Å². The van der Waals surface area contributed by atoms with E-state index in [0.717, 1.165) is 42.2 Å². The number of amides is 1. The van der Waals surface area contributed by atoms with Gasteiger partial charge in [0.1, 0.15) is 12.4 Å². The molecule has 8 heteroatoms. The lowest BCUT2D eigenvalue weighted by Gasteiger charge is -2.21. The minimum absolute atomic E-state index is 0. The number of nitrogens with zero attached hydrogens (tertiary/aromatic N) is 1. The maximum Gasteiger partial charge on any atom is 0.223 e. The second-order valence-corrected chi connectivity index (χ2v) is 7.70. The summed E-state index contributed by atoms with van der Waals surface area (Å²) in [4.78, 5) is 16.9. The van der Waals surface area contributed by atoms with Crippen LogP contribution >= 0.6 is 24.0 Å². The van der Waals surface area contributed by atoms with Crippen molar-refractivity contribution in [2.45, 2.75) is 52.5 Å². The van der Waals surface area contributed by atoms with E-state index in [-0.39, 0.29) is 35.8 Å². The van der Waals surface area contributed by atoms with Crippen molar-refractivity contribution >= 4 is 35.8 Å². The summed E-state index contributed by atoms with van der Waals surface area (Å²) < 4.78 is 10.9. The van der Waals surface area contributed by atoms with Gasteiger partial charge in [-0.3, -0.25) is 4.79 Å². The molecule has 1 saturated carbocycles. The number of ether oxygens (including phenoxy) is 2. The van der Waals surface area contributed by atoms with Gasteiger partial charge in [0.15, 0.2) is 5.96 Å². The van der Waals surface area contributed by atoms with E-state index >= 15 is 0 Å². The number of hydrogen-bond donors (Lipinski definition) is 3. The molecule has 0 spiro atoms. The molecule has 0 atom stereocenters. The van der Waals surface area contributed by atoms with Gasteiger partial charge in [-0.15, -0.1) is 24.0 Å². The van der Waals surface area contributed by atoms with Crippen molar-refractivity contribution in [1.29, 1.82) is 0 Å². The number of aryl methyl sites for hydroxylation is 1. The molecule has 1 aromatic rings. The van der Waals surface area contributed by atoms with Crippen molar-refractivity contribution in [2.24, 2.45) is 10.9 Å². The van der Waals surface area contributed by atoms with Gasteiger partial charge in [0.2, 0.25) is 5.91 Å². The van der Waals surface area contributed by atoms with Crippen molar-refractivity contribution in [2.75, 3.05) is 40.0 Å². The first-order valence-corrected chi connectivity index (χ1v) is 11.1. The van der Waals surface area contributed by atoms with Gasteiger partial charge in [0, 0.05) is 38.2 Å². The van der Waals surface area contributed by atoms with Crippen molar-refractivity contribution in [3.8, 4) is 5.75 Å². The van der Waals surface area contributed by atoms with E-state index in [2.05, 4.69) is 33.1 Å². The van der Waals surface area contributed by atoms with Gasteiger partial charge in [-0.1, -0.05) is 31.4 Å². The van der Waals surface area contributed by atoms with E-state index in [1.807, 2.05) is 19.9 Å². The van der Waals surface area contributed by atoms with Crippen LogP contribution < -0.4 is 20.7 Å². The number of halogens is 1. The third-order valence-corrected chi connectivity index (χ3v) is 5.21. The first-order chi connectivity index (χ1) is 14.6. The van der Waals surface area contributed by atoms with Crippen LogP contribution in [0, 0.1) is 12.8 Å². The number of hydrogen-bond acceptors (Lipinski definition) is 4. The highest BCUT2D eigenvalue weighted by atomic mass is 127. The van der Waals surface area contributed by atoms with Crippen molar-refractivity contribution < 1.29 is 14.3 Å². The monoisotopic (exact) mass is 546 g/mol. The highest BCUT2D eigenvalue weighted by Gasteiger charge is 2.20. The molecule has 0 aliphatic heterocycles. The zero-order valence-corrected chi connectivity index (χ0v) is 21.5. The summed E-state index contributed by atoms with van der Waals surface area (Å²) in [5, 5.41) is 9.60. The number of rotatable bonds is 11. The summed E-state index contributed by atoms with van der Waals surface area (Å²) >= 11 is 0. The highest BCUT2D eigenvalue weighted by molar-refractivity contribution is 14.0. The van der Waals surface area contributed by atoms with Gasteiger partial charge in [-0.25, -0.2) is 4.99 Å². The largest absolute Gasteiger partial charge is 0.491 e. The molecule has 0 unspecified atom stereocenters. The third-order valence-electron chi connectivity index (χ3n) is 5.21. The van der Waals surface area contributed by atoms with Crippen LogP contribution in [0.25, 0.3) is 0 Å². The first kappa shape index (κ1) is 27.5. The topological polar surface area (TPSA) is 84.0 Å². The molecule has 3 N–H and O–H groups in total. The van der Waals surface area contributed by atoms with Crippen LogP contribution in [-0.4, -0.2) is 51.8 Å². The molecule has 7 nitrogen and oxygen atoms in total. The molecule has 1 aliphatic rings. The van der Waals surface area contributed by atoms with Crippen LogP contribution in [0.1, 0.15) is 50.2 Å². The van der Waals surface area contributed by atoms with Crippen LogP contribution in [0.15, 0.2) is 23.2 Å². The standard InChI is InChI=1S/C23H38N4O3.HI/c1-4-24-23(26-13-12-25-22(28)19-8-6-5-7-9-19)27-17-20-11-10-18(2)16-21(20)30-15-14-29-3;/h10-11,16,19H,4-9,12-15,17H2,1-3H3,(H,25,28)(H2,24,26,27);1H. The molecule has 0 bridgehead atoms. The van der Waals surface area contributed by atoms with E-state index in [1.54, 1.807) is 7.11 Å². The van der Waals surface area contributed by atoms with Crippen LogP contribution in [0.3, 0.4) is 0 Å². The van der Waals surface area contributed by atoms with Gasteiger partial charge in [0.25, 0.3) is 0 Å². The Morgan fingerprint density at radius 2 is 1.84 bits per heavy atom. The average molecular weight is 546 g/mol. The van der Waals surface area contributed by atoms with Crippen LogP contribution in [0.4, 0.5) is 0 Å². The lowest BCUT2D eigenvalue weighted by Crippen LogP contribution is -2.42. The molecule has 1 amide bonds. The number of methoxy groups -OCH3 is 1. The molecular weight excluding hydrogens is 507 g/mol. The van der Waals surface area contributed by atoms with Gasteiger partial charge in [-0.05, 0) is 38.3 Å². The van der Waals surface area contributed by atoms with Crippen LogP contribution in [-0.2, 0) is 16.1 Å². The Balaban J connectivity index is 0.00000480. The van der Waals surface area contributed by atoms with E-state index in [0.29, 0.717) is 32.8 Å². The average Bonchev–Trinajstić information content (AvgIpc) is 2.76. The summed E-state index contributed by atoms with van der Waals surface area (Å²) in [6, 6.07) is 6.14. The second-order valence-electron chi connectivity index (χ2n) is 7.70. The van der Waals surface area contributed by atoms with E-state index in [9.17, 15) is 4.79 Å². The third kappa shape index (κ3) is 10.5. The fourth-order valence-electron chi connectivity index (χ4n) is 3.54. The van der Waals surface area contributed by atoms with Crippen molar-refractivity contribution in [3.05, 3.63) is 29.3 Å². The number of nitrogens with one attached hydrogen (secondary N) is 3. The normalized spacial score (nSPS) is 14.5. The van der Waals surface area contributed by atoms with Crippen molar-refractivity contribution in [3.63, 3.8) is 0 Å². The van der Waals surface area contributed by atoms with Gasteiger partial charge < -0.3 is 25.4 Å². The fourth-order valence-corrected chi connectivity index (χ4v) is 3.54. The molecular formula is C23H39IN4O3. The predicted octanol–water partition coefficient (Wildman–Crippen LogP) is 3.39. The minimum Gasteiger partial charge on any atom is -0.491 e. The Bertz CT molecular complexity index is 679. The zero-order valence-electron chi connectivity index (χ0n) is 19.2. The fraction of sp³-hybridized carbons (Fsp3) is 0.652. The summed E-state index contributed by atoms with van der Waals surface area (Å²) in [6.07, 6.45) is 5.64. The highest BCUT2D eigenvalue weighted by Crippen LogP contribution is 2.23. The summed E-state index contributed by atoms with van der Waals surface area (Å²) in [5.74, 6) is 1.95. The number of guanidine groups is 1. The summed E-state index contributed by atoms with van der Waals surface area (Å²) in [7, 11) is 1.66. The van der Waals surface area contributed by atoms with E-state index in [4.69, 9.17) is 9.47 Å². The SMILES string of the molecule is CCNC(=NCc1ccc(C)cc1OCCOC)NCCNC(=O)C1CCCCC1.I. The van der Waals surface area contributed by atoms with E-state index in [1.165, 1.54) is 19.3 Å². The lowest BCUT2D eigenvalue weighted by molar-refractivity contribution is -0.125. The molecule has 0 radical (unpaired) electrons. The zero-order chi connectivity index (χ0) is 21.6. The van der Waals surface area contributed by atoms with Crippen LogP contribution in [0.5, 0.6) is 5.75 Å². The molecule has 2 rings (SSSR count). The minimum atomic E-state index is 0. The Hall–Kier alpha value is -1.55. The molecule has 0 aromatic heterocycles. The Kier molecular flexibility index (Phi) is 14.3. The molecule has 0 saturated heterocycles. The Morgan fingerprint density at radius 3 is 2.55 bits per heavy atom. The molecule has 176 valence electrons. The van der Waals surface area contributed by atoms with Crippen LogP contribution in [0.2, 0.25) is 0 Å². The lowest BCUT2D eigenvalue weighted by atomic mass is 9.89. The second kappa shape index (κ2) is 16.1.